The normalized spacial score (nSPS) is 16.9. The van der Waals surface area contributed by atoms with Crippen LogP contribution in [0.5, 0.6) is 5.75 Å². The number of carbonyl (C=O) groups is 1. The number of phenols is 1. The Morgan fingerprint density at radius 3 is 2.62 bits per heavy atom. The molecule has 1 amide bonds. The van der Waals surface area contributed by atoms with E-state index in [2.05, 4.69) is 0 Å². The van der Waals surface area contributed by atoms with Crippen LogP contribution in [-0.2, 0) is 11.2 Å². The molecule has 32 heavy (non-hydrogen) atoms. The standard InChI is InChI=1S/C24H24FN3O4/c25-19-5-1-2-6-20(19)27-12-10-26(11-13-27)15-22(30)28-9-3-4-17-18-14-16(29)7-8-21(18)32-24(31)23(17)28/h1-2,5-8,14,29H,3-4,9-13,15H2. The molecule has 2 aliphatic rings. The number of benzene rings is 2. The summed E-state index contributed by atoms with van der Waals surface area (Å²) in [5, 5.41) is 10.5. The first-order valence-corrected chi connectivity index (χ1v) is 10.8. The molecule has 3 aromatic rings. The van der Waals surface area contributed by atoms with Crippen LogP contribution < -0.4 is 15.4 Å². The summed E-state index contributed by atoms with van der Waals surface area (Å²) < 4.78 is 19.5. The van der Waals surface area contributed by atoms with Crippen molar-refractivity contribution in [3.05, 3.63) is 64.3 Å². The van der Waals surface area contributed by atoms with Gasteiger partial charge in [-0.05, 0) is 48.7 Å². The van der Waals surface area contributed by atoms with Gasteiger partial charge in [-0.15, -0.1) is 0 Å². The highest BCUT2D eigenvalue weighted by Gasteiger charge is 2.30. The Labute approximate surface area is 184 Å². The van der Waals surface area contributed by atoms with Crippen molar-refractivity contribution < 1.29 is 18.7 Å². The van der Waals surface area contributed by atoms with Gasteiger partial charge in [0.05, 0.1) is 12.2 Å². The number of amides is 1. The second-order valence-corrected chi connectivity index (χ2v) is 8.26. The molecule has 5 rings (SSSR count). The molecule has 3 heterocycles. The summed E-state index contributed by atoms with van der Waals surface area (Å²) in [7, 11) is 0. The van der Waals surface area contributed by atoms with E-state index in [1.165, 1.54) is 17.0 Å². The average Bonchev–Trinajstić information content (AvgIpc) is 2.80. The lowest BCUT2D eigenvalue weighted by atomic mass is 9.98. The van der Waals surface area contributed by atoms with Gasteiger partial charge in [-0.25, -0.2) is 9.18 Å². The number of carbonyl (C=O) groups excluding carboxylic acids is 1. The molecule has 0 radical (unpaired) electrons. The fourth-order valence-corrected chi connectivity index (χ4v) is 4.67. The van der Waals surface area contributed by atoms with Crippen molar-refractivity contribution >= 4 is 28.3 Å². The quantitative estimate of drug-likeness (QED) is 0.635. The smallest absolute Gasteiger partial charge is 0.360 e. The van der Waals surface area contributed by atoms with Crippen molar-refractivity contribution in [3.8, 4) is 5.75 Å². The van der Waals surface area contributed by atoms with Crippen molar-refractivity contribution in [2.45, 2.75) is 12.8 Å². The number of hydrogen-bond acceptors (Lipinski definition) is 6. The van der Waals surface area contributed by atoms with E-state index in [9.17, 15) is 19.1 Å². The van der Waals surface area contributed by atoms with E-state index in [-0.39, 0.29) is 29.7 Å². The lowest BCUT2D eigenvalue weighted by Crippen LogP contribution is -2.51. The highest BCUT2D eigenvalue weighted by Crippen LogP contribution is 2.32. The Kier molecular flexibility index (Phi) is 5.30. The zero-order valence-corrected chi connectivity index (χ0v) is 17.6. The van der Waals surface area contributed by atoms with Gasteiger partial charge in [0.2, 0.25) is 5.91 Å². The highest BCUT2D eigenvalue weighted by atomic mass is 19.1. The molecule has 8 heteroatoms. The fourth-order valence-electron chi connectivity index (χ4n) is 4.67. The molecule has 1 fully saturated rings. The number of halogens is 1. The lowest BCUT2D eigenvalue weighted by molar-refractivity contribution is -0.119. The first-order chi connectivity index (χ1) is 15.5. The second-order valence-electron chi connectivity index (χ2n) is 8.26. The number of anilines is 2. The molecule has 7 nitrogen and oxygen atoms in total. The first kappa shape index (κ1) is 20.5. The first-order valence-electron chi connectivity index (χ1n) is 10.8. The molecule has 2 aliphatic heterocycles. The van der Waals surface area contributed by atoms with E-state index < -0.39 is 5.63 Å². The number of para-hydroxylation sites is 1. The second kappa shape index (κ2) is 8.27. The van der Waals surface area contributed by atoms with E-state index in [0.717, 1.165) is 12.0 Å². The third-order valence-corrected chi connectivity index (χ3v) is 6.27. The van der Waals surface area contributed by atoms with Crippen molar-refractivity contribution in [2.75, 3.05) is 49.1 Å². The Hall–Kier alpha value is -3.39. The average molecular weight is 437 g/mol. The van der Waals surface area contributed by atoms with Crippen LogP contribution in [0, 0.1) is 5.82 Å². The predicted octanol–water partition coefficient (Wildman–Crippen LogP) is 2.74. The summed E-state index contributed by atoms with van der Waals surface area (Å²) >= 11 is 0. The number of aromatic hydroxyl groups is 1. The van der Waals surface area contributed by atoms with Gasteiger partial charge < -0.3 is 19.3 Å². The van der Waals surface area contributed by atoms with Crippen LogP contribution in [0.4, 0.5) is 15.8 Å². The van der Waals surface area contributed by atoms with Crippen LogP contribution in [0.15, 0.2) is 51.7 Å². The topological polar surface area (TPSA) is 77.2 Å². The van der Waals surface area contributed by atoms with Gasteiger partial charge in [0, 0.05) is 38.1 Å². The summed E-state index contributed by atoms with van der Waals surface area (Å²) in [6.07, 6.45) is 1.37. The molecule has 0 atom stereocenters. The number of hydrogen-bond donors (Lipinski definition) is 1. The summed E-state index contributed by atoms with van der Waals surface area (Å²) in [6.45, 7) is 3.13. The number of fused-ring (bicyclic) bond motifs is 3. The summed E-state index contributed by atoms with van der Waals surface area (Å²) in [6, 6.07) is 11.3. The van der Waals surface area contributed by atoms with Gasteiger partial charge in [0.25, 0.3) is 0 Å². The zero-order valence-electron chi connectivity index (χ0n) is 17.6. The third-order valence-electron chi connectivity index (χ3n) is 6.27. The molecule has 0 spiro atoms. The van der Waals surface area contributed by atoms with Gasteiger partial charge in [-0.1, -0.05) is 12.1 Å². The minimum absolute atomic E-state index is 0.0877. The minimum atomic E-state index is -0.532. The van der Waals surface area contributed by atoms with Crippen LogP contribution in [0.25, 0.3) is 11.0 Å². The Balaban J connectivity index is 1.33. The minimum Gasteiger partial charge on any atom is -0.508 e. The maximum Gasteiger partial charge on any atom is 0.360 e. The van der Waals surface area contributed by atoms with Crippen LogP contribution in [0.3, 0.4) is 0 Å². The Morgan fingerprint density at radius 2 is 1.84 bits per heavy atom. The van der Waals surface area contributed by atoms with Crippen LogP contribution in [0.2, 0.25) is 0 Å². The van der Waals surface area contributed by atoms with Gasteiger partial charge in [0.15, 0.2) is 0 Å². The molecule has 1 aromatic heterocycles. The maximum atomic E-state index is 14.1. The van der Waals surface area contributed by atoms with Crippen molar-refractivity contribution in [1.29, 1.82) is 0 Å². The molecular formula is C24H24FN3O4. The van der Waals surface area contributed by atoms with Crippen LogP contribution in [0.1, 0.15) is 12.0 Å². The number of rotatable bonds is 3. The predicted molar refractivity (Wildman–Crippen MR) is 120 cm³/mol. The van der Waals surface area contributed by atoms with Gasteiger partial charge in [-0.2, -0.15) is 0 Å². The molecule has 1 N–H and O–H groups in total. The van der Waals surface area contributed by atoms with Gasteiger partial charge >= 0.3 is 5.63 Å². The van der Waals surface area contributed by atoms with Crippen molar-refractivity contribution in [3.63, 3.8) is 0 Å². The molecular weight excluding hydrogens is 413 g/mol. The lowest BCUT2D eigenvalue weighted by Gasteiger charge is -2.37. The molecule has 0 bridgehead atoms. The van der Waals surface area contributed by atoms with E-state index >= 15 is 0 Å². The third kappa shape index (κ3) is 3.71. The van der Waals surface area contributed by atoms with Crippen LogP contribution >= 0.6 is 0 Å². The Bertz CT molecular complexity index is 1230. The maximum absolute atomic E-state index is 14.1. The SMILES string of the molecule is O=C(CN1CCN(c2ccccc2F)CC1)N1CCCc2c1c(=O)oc1ccc(O)cc21. The number of aryl methyl sites for hydroxylation is 1. The largest absolute Gasteiger partial charge is 0.508 e. The fraction of sp³-hybridized carbons (Fsp3) is 0.333. The zero-order chi connectivity index (χ0) is 22.2. The molecule has 1 saturated heterocycles. The molecule has 2 aromatic carbocycles. The number of phenolic OH excluding ortho intramolecular Hbond substituents is 1. The number of piperazine rings is 1. The van der Waals surface area contributed by atoms with E-state index in [4.69, 9.17) is 4.42 Å². The van der Waals surface area contributed by atoms with Gasteiger partial charge in [-0.3, -0.25) is 9.69 Å². The summed E-state index contributed by atoms with van der Waals surface area (Å²) in [4.78, 5) is 31.4. The summed E-state index contributed by atoms with van der Waals surface area (Å²) in [5.74, 6) is -0.311. The highest BCUT2D eigenvalue weighted by molar-refractivity contribution is 5.98. The van der Waals surface area contributed by atoms with E-state index in [1.807, 2.05) is 15.9 Å². The summed E-state index contributed by atoms with van der Waals surface area (Å²) in [5.41, 5.74) is 1.48. The van der Waals surface area contributed by atoms with Crippen molar-refractivity contribution in [1.82, 2.24) is 4.90 Å². The van der Waals surface area contributed by atoms with Crippen LogP contribution in [-0.4, -0.2) is 55.2 Å². The monoisotopic (exact) mass is 437 g/mol. The van der Waals surface area contributed by atoms with Crippen molar-refractivity contribution in [2.24, 2.45) is 0 Å². The van der Waals surface area contributed by atoms with E-state index in [0.29, 0.717) is 55.8 Å². The van der Waals surface area contributed by atoms with Gasteiger partial charge in [0.1, 0.15) is 22.8 Å². The molecule has 0 saturated carbocycles. The van der Waals surface area contributed by atoms with E-state index in [1.54, 1.807) is 24.3 Å². The molecule has 0 unspecified atom stereocenters. The Morgan fingerprint density at radius 1 is 1.06 bits per heavy atom. The number of nitrogens with zero attached hydrogens (tertiary/aromatic N) is 3. The molecule has 166 valence electrons. The molecule has 0 aliphatic carbocycles.